The van der Waals surface area contributed by atoms with E-state index in [0.717, 1.165) is 0 Å². The molecule has 1 amide bonds. The molecule has 1 aliphatic carbocycles. The third-order valence-electron chi connectivity index (χ3n) is 3.71. The number of hydrogen-bond acceptors (Lipinski definition) is 3. The van der Waals surface area contributed by atoms with Gasteiger partial charge in [-0.2, -0.15) is 13.2 Å². The van der Waals surface area contributed by atoms with Crippen molar-refractivity contribution in [1.29, 1.82) is 0 Å². The Hall–Kier alpha value is -1.31. The molecule has 2 bridgehead atoms. The van der Waals surface area contributed by atoms with E-state index in [1.807, 2.05) is 0 Å². The summed E-state index contributed by atoms with van der Waals surface area (Å²) < 4.78 is 42.1. The average molecular weight is 267 g/mol. The smallest absolute Gasteiger partial charge is 0.471 e. The first kappa shape index (κ1) is 13.1. The molecule has 0 atom stereocenters. The zero-order chi connectivity index (χ0) is 13.8. The molecular formula is C10H12F3NO4. The highest BCUT2D eigenvalue weighted by Gasteiger charge is 2.66. The molecule has 3 fully saturated rings. The van der Waals surface area contributed by atoms with Gasteiger partial charge in [0.1, 0.15) is 0 Å². The molecule has 2 saturated heterocycles. The van der Waals surface area contributed by atoms with Crippen LogP contribution >= 0.6 is 0 Å². The largest absolute Gasteiger partial charge is 0.481 e. The lowest BCUT2D eigenvalue weighted by Gasteiger charge is -2.60. The lowest BCUT2D eigenvalue weighted by atomic mass is 9.55. The standard InChI is InChI=1S/C10H12F3NO4/c1-18-9-2-8(3-9,7(16)17)4-14(5-9)6(15)10(11,12)13/h2-5H2,1H3,(H,16,17). The first-order valence-electron chi connectivity index (χ1n) is 5.29. The van der Waals surface area contributed by atoms with Crippen LogP contribution in [0.2, 0.25) is 0 Å². The van der Waals surface area contributed by atoms with E-state index in [-0.39, 0.29) is 19.4 Å². The molecule has 5 nitrogen and oxygen atoms in total. The van der Waals surface area contributed by atoms with E-state index in [0.29, 0.717) is 4.90 Å². The molecule has 1 N–H and O–H groups in total. The number of nitrogens with zero attached hydrogens (tertiary/aromatic N) is 1. The maximum atomic E-state index is 12.4. The SMILES string of the molecule is COC12CN(C(=O)C(F)(F)F)CC(C(=O)O)(C1)C2. The Balaban J connectivity index is 2.22. The lowest BCUT2D eigenvalue weighted by Crippen LogP contribution is -2.72. The number of methoxy groups -OCH3 is 1. The number of aliphatic carboxylic acids is 1. The van der Waals surface area contributed by atoms with Crippen molar-refractivity contribution >= 4 is 11.9 Å². The lowest BCUT2D eigenvalue weighted by molar-refractivity contribution is -0.233. The van der Waals surface area contributed by atoms with Crippen LogP contribution in [-0.2, 0) is 14.3 Å². The van der Waals surface area contributed by atoms with Gasteiger partial charge in [-0.25, -0.2) is 0 Å². The Bertz CT molecular complexity index is 400. The molecule has 2 aliphatic heterocycles. The van der Waals surface area contributed by atoms with Gasteiger partial charge < -0.3 is 14.7 Å². The van der Waals surface area contributed by atoms with Crippen molar-refractivity contribution in [2.45, 2.75) is 24.6 Å². The third kappa shape index (κ3) is 1.75. The number of halogens is 3. The van der Waals surface area contributed by atoms with Crippen molar-refractivity contribution in [3.8, 4) is 0 Å². The predicted molar refractivity (Wildman–Crippen MR) is 51.7 cm³/mol. The Kier molecular flexibility index (Phi) is 2.62. The molecule has 3 aliphatic rings. The van der Waals surface area contributed by atoms with Crippen LogP contribution in [0.5, 0.6) is 0 Å². The fourth-order valence-electron chi connectivity index (χ4n) is 2.92. The Labute approximate surface area is 100 Å². The number of ether oxygens (including phenoxy) is 1. The summed E-state index contributed by atoms with van der Waals surface area (Å²) >= 11 is 0. The highest BCUT2D eigenvalue weighted by Crippen LogP contribution is 2.55. The van der Waals surface area contributed by atoms with Crippen LogP contribution in [-0.4, -0.2) is 53.9 Å². The monoisotopic (exact) mass is 267 g/mol. The number of carbonyl (C=O) groups excluding carboxylic acids is 1. The molecule has 0 aromatic rings. The van der Waals surface area contributed by atoms with Gasteiger partial charge in [-0.15, -0.1) is 0 Å². The summed E-state index contributed by atoms with van der Waals surface area (Å²) in [6.07, 6.45) is -4.70. The number of piperidine rings is 2. The van der Waals surface area contributed by atoms with Crippen LogP contribution in [0.4, 0.5) is 13.2 Å². The van der Waals surface area contributed by atoms with E-state index in [9.17, 15) is 22.8 Å². The van der Waals surface area contributed by atoms with Crippen molar-refractivity contribution < 1.29 is 32.6 Å². The number of carbonyl (C=O) groups is 2. The first-order chi connectivity index (χ1) is 8.14. The summed E-state index contributed by atoms with van der Waals surface area (Å²) in [5.41, 5.74) is -2.24. The van der Waals surface area contributed by atoms with Crippen molar-refractivity contribution in [2.75, 3.05) is 20.2 Å². The topological polar surface area (TPSA) is 66.8 Å². The van der Waals surface area contributed by atoms with E-state index in [1.54, 1.807) is 0 Å². The molecular weight excluding hydrogens is 255 g/mol. The minimum absolute atomic E-state index is 0.146. The molecule has 1 saturated carbocycles. The molecule has 0 spiro atoms. The Morgan fingerprint density at radius 1 is 1.28 bits per heavy atom. The number of hydrogen-bond donors (Lipinski definition) is 1. The molecule has 0 radical (unpaired) electrons. The summed E-state index contributed by atoms with van der Waals surface area (Å²) in [7, 11) is 1.31. The van der Waals surface area contributed by atoms with Gasteiger partial charge in [-0.3, -0.25) is 9.59 Å². The van der Waals surface area contributed by atoms with E-state index < -0.39 is 35.6 Å². The van der Waals surface area contributed by atoms with E-state index in [2.05, 4.69) is 0 Å². The number of alkyl halides is 3. The summed E-state index contributed by atoms with van der Waals surface area (Å²) in [4.78, 5) is 22.8. The first-order valence-corrected chi connectivity index (χ1v) is 5.29. The third-order valence-corrected chi connectivity index (χ3v) is 3.71. The van der Waals surface area contributed by atoms with Gasteiger partial charge in [0.25, 0.3) is 0 Å². The van der Waals surface area contributed by atoms with Crippen molar-refractivity contribution in [1.82, 2.24) is 4.90 Å². The normalized spacial score (nSPS) is 35.0. The van der Waals surface area contributed by atoms with Gasteiger partial charge in [-0.05, 0) is 12.8 Å². The fraction of sp³-hybridized carbons (Fsp3) is 0.800. The van der Waals surface area contributed by atoms with Crippen molar-refractivity contribution in [3.05, 3.63) is 0 Å². The van der Waals surface area contributed by atoms with Gasteiger partial charge in [0.2, 0.25) is 0 Å². The van der Waals surface area contributed by atoms with Gasteiger partial charge in [0.05, 0.1) is 17.6 Å². The van der Waals surface area contributed by atoms with E-state index >= 15 is 0 Å². The second-order valence-electron chi connectivity index (χ2n) is 4.99. The Morgan fingerprint density at radius 3 is 2.22 bits per heavy atom. The van der Waals surface area contributed by atoms with Gasteiger partial charge in [0, 0.05) is 13.7 Å². The van der Waals surface area contributed by atoms with Crippen molar-refractivity contribution in [2.24, 2.45) is 5.41 Å². The number of carboxylic acids is 1. The maximum Gasteiger partial charge on any atom is 0.471 e. The van der Waals surface area contributed by atoms with Gasteiger partial charge in [0.15, 0.2) is 0 Å². The summed E-state index contributed by atoms with van der Waals surface area (Å²) in [6.45, 7) is -0.622. The van der Waals surface area contributed by atoms with Crippen LogP contribution in [0, 0.1) is 5.41 Å². The second kappa shape index (κ2) is 3.59. The number of rotatable bonds is 2. The van der Waals surface area contributed by atoms with Crippen LogP contribution in [0.3, 0.4) is 0 Å². The fourth-order valence-corrected chi connectivity index (χ4v) is 2.92. The summed E-state index contributed by atoms with van der Waals surface area (Å²) in [5, 5.41) is 9.07. The van der Waals surface area contributed by atoms with E-state index in [1.165, 1.54) is 7.11 Å². The average Bonchev–Trinajstić information content (AvgIpc) is 2.25. The highest BCUT2D eigenvalue weighted by molar-refractivity contribution is 5.85. The minimum Gasteiger partial charge on any atom is -0.481 e. The molecule has 0 unspecified atom stereocenters. The van der Waals surface area contributed by atoms with Crippen LogP contribution < -0.4 is 0 Å². The number of amides is 1. The number of fused-ring (bicyclic) bond motifs is 2. The molecule has 3 rings (SSSR count). The zero-order valence-corrected chi connectivity index (χ0v) is 9.58. The van der Waals surface area contributed by atoms with Crippen LogP contribution in [0.15, 0.2) is 0 Å². The quantitative estimate of drug-likeness (QED) is 0.797. The molecule has 2 heterocycles. The van der Waals surface area contributed by atoms with Gasteiger partial charge in [-0.1, -0.05) is 0 Å². The summed E-state index contributed by atoms with van der Waals surface area (Å²) in [5.74, 6) is -3.19. The molecule has 0 aromatic carbocycles. The zero-order valence-electron chi connectivity index (χ0n) is 9.58. The maximum absolute atomic E-state index is 12.4. The van der Waals surface area contributed by atoms with Crippen LogP contribution in [0.1, 0.15) is 12.8 Å². The van der Waals surface area contributed by atoms with Crippen LogP contribution in [0.25, 0.3) is 0 Å². The molecule has 0 aromatic heterocycles. The Morgan fingerprint density at radius 2 is 1.83 bits per heavy atom. The van der Waals surface area contributed by atoms with Gasteiger partial charge >= 0.3 is 18.1 Å². The second-order valence-corrected chi connectivity index (χ2v) is 4.99. The molecule has 18 heavy (non-hydrogen) atoms. The molecule has 8 heteroatoms. The highest BCUT2D eigenvalue weighted by atomic mass is 19.4. The predicted octanol–water partition coefficient (Wildman–Crippen LogP) is 0.641. The van der Waals surface area contributed by atoms with E-state index in [4.69, 9.17) is 9.84 Å². The van der Waals surface area contributed by atoms with Crippen molar-refractivity contribution in [3.63, 3.8) is 0 Å². The molecule has 102 valence electrons. The summed E-state index contributed by atoms with van der Waals surface area (Å²) in [6, 6.07) is 0. The number of carboxylic acid groups (broad SMARTS) is 1. The minimum atomic E-state index is -4.99.